The van der Waals surface area contributed by atoms with E-state index in [1.54, 1.807) is 7.11 Å². The third-order valence-corrected chi connectivity index (χ3v) is 3.57. The molecule has 0 radical (unpaired) electrons. The van der Waals surface area contributed by atoms with Crippen molar-refractivity contribution in [3.05, 3.63) is 34.1 Å². The van der Waals surface area contributed by atoms with Crippen LogP contribution in [0.5, 0.6) is 0 Å². The van der Waals surface area contributed by atoms with Gasteiger partial charge in [-0.2, -0.15) is 4.98 Å². The van der Waals surface area contributed by atoms with Crippen molar-refractivity contribution in [1.82, 2.24) is 10.1 Å². The lowest BCUT2D eigenvalue weighted by Crippen LogP contribution is -2.28. The van der Waals surface area contributed by atoms with Crippen LogP contribution >= 0.6 is 15.9 Å². The van der Waals surface area contributed by atoms with Gasteiger partial charge in [-0.25, -0.2) is 0 Å². The SMILES string of the molecule is COCC(N)Cc1nc(-c2ccc(C)c(Br)c2)no1. The second-order valence-electron chi connectivity index (χ2n) is 4.40. The third kappa shape index (κ3) is 3.62. The van der Waals surface area contributed by atoms with Gasteiger partial charge in [-0.1, -0.05) is 33.2 Å². The average Bonchev–Trinajstić information content (AvgIpc) is 2.81. The highest BCUT2D eigenvalue weighted by atomic mass is 79.9. The van der Waals surface area contributed by atoms with Gasteiger partial charge in [-0.15, -0.1) is 0 Å². The third-order valence-electron chi connectivity index (χ3n) is 2.72. The number of rotatable bonds is 5. The standard InChI is InChI=1S/C13H16BrN3O2/c1-8-3-4-9(5-11(8)14)13-16-12(19-17-13)6-10(15)7-18-2/h3-5,10H,6-7,15H2,1-2H3. The molecule has 0 spiro atoms. The van der Waals surface area contributed by atoms with Crippen molar-refractivity contribution in [1.29, 1.82) is 0 Å². The molecule has 102 valence electrons. The molecule has 0 aliphatic rings. The number of hydrogen-bond donors (Lipinski definition) is 1. The van der Waals surface area contributed by atoms with E-state index in [0.29, 0.717) is 24.7 Å². The lowest BCUT2D eigenvalue weighted by molar-refractivity contribution is 0.176. The van der Waals surface area contributed by atoms with Crippen LogP contribution in [-0.2, 0) is 11.2 Å². The van der Waals surface area contributed by atoms with Gasteiger partial charge in [-0.05, 0) is 18.6 Å². The molecule has 0 aliphatic heterocycles. The average molecular weight is 326 g/mol. The van der Waals surface area contributed by atoms with Crippen LogP contribution in [0, 0.1) is 6.92 Å². The number of halogens is 1. The van der Waals surface area contributed by atoms with Crippen molar-refractivity contribution < 1.29 is 9.26 Å². The van der Waals surface area contributed by atoms with E-state index in [2.05, 4.69) is 26.1 Å². The molecule has 0 saturated carbocycles. The van der Waals surface area contributed by atoms with Gasteiger partial charge in [0.1, 0.15) is 0 Å². The quantitative estimate of drug-likeness (QED) is 0.913. The van der Waals surface area contributed by atoms with Gasteiger partial charge in [0.2, 0.25) is 11.7 Å². The first-order valence-corrected chi connectivity index (χ1v) is 6.73. The molecular formula is C13H16BrN3O2. The van der Waals surface area contributed by atoms with Crippen LogP contribution < -0.4 is 5.73 Å². The van der Waals surface area contributed by atoms with Crippen LogP contribution in [0.2, 0.25) is 0 Å². The minimum Gasteiger partial charge on any atom is -0.383 e. The molecule has 19 heavy (non-hydrogen) atoms. The highest BCUT2D eigenvalue weighted by Crippen LogP contribution is 2.23. The molecule has 2 aromatic rings. The van der Waals surface area contributed by atoms with Crippen LogP contribution in [0.1, 0.15) is 11.5 Å². The van der Waals surface area contributed by atoms with Crippen LogP contribution in [-0.4, -0.2) is 29.9 Å². The van der Waals surface area contributed by atoms with Gasteiger partial charge in [0.05, 0.1) is 6.61 Å². The highest BCUT2D eigenvalue weighted by Gasteiger charge is 2.12. The highest BCUT2D eigenvalue weighted by molar-refractivity contribution is 9.10. The lowest BCUT2D eigenvalue weighted by atomic mass is 10.1. The number of ether oxygens (including phenoxy) is 1. The summed E-state index contributed by atoms with van der Waals surface area (Å²) in [5.41, 5.74) is 7.92. The maximum atomic E-state index is 5.85. The Bertz CT molecular complexity index is 557. The fraction of sp³-hybridized carbons (Fsp3) is 0.385. The van der Waals surface area contributed by atoms with Gasteiger partial charge in [-0.3, -0.25) is 0 Å². The van der Waals surface area contributed by atoms with Crippen molar-refractivity contribution in [3.8, 4) is 11.4 Å². The molecule has 1 aromatic heterocycles. The van der Waals surface area contributed by atoms with Crippen LogP contribution in [0.3, 0.4) is 0 Å². The van der Waals surface area contributed by atoms with Crippen molar-refractivity contribution in [3.63, 3.8) is 0 Å². The summed E-state index contributed by atoms with van der Waals surface area (Å²) in [5, 5.41) is 3.97. The summed E-state index contributed by atoms with van der Waals surface area (Å²) >= 11 is 3.49. The number of hydrogen-bond acceptors (Lipinski definition) is 5. The fourth-order valence-corrected chi connectivity index (χ4v) is 2.06. The molecule has 2 N–H and O–H groups in total. The molecule has 0 saturated heterocycles. The van der Waals surface area contributed by atoms with E-state index in [1.165, 1.54) is 0 Å². The first-order valence-electron chi connectivity index (χ1n) is 5.93. The number of aromatic nitrogens is 2. The van der Waals surface area contributed by atoms with Crippen molar-refractivity contribution in [2.75, 3.05) is 13.7 Å². The molecule has 6 heteroatoms. The zero-order valence-electron chi connectivity index (χ0n) is 10.9. The maximum Gasteiger partial charge on any atom is 0.228 e. The number of nitrogens with two attached hydrogens (primary N) is 1. The van der Waals surface area contributed by atoms with Crippen LogP contribution in [0.25, 0.3) is 11.4 Å². The predicted molar refractivity (Wildman–Crippen MR) is 75.7 cm³/mol. The molecule has 1 heterocycles. The number of nitrogens with zero attached hydrogens (tertiary/aromatic N) is 2. The van der Waals surface area contributed by atoms with E-state index in [0.717, 1.165) is 15.6 Å². The zero-order chi connectivity index (χ0) is 13.8. The van der Waals surface area contributed by atoms with E-state index < -0.39 is 0 Å². The van der Waals surface area contributed by atoms with E-state index in [9.17, 15) is 0 Å². The summed E-state index contributed by atoms with van der Waals surface area (Å²) in [6, 6.07) is 5.80. The molecule has 0 amide bonds. The summed E-state index contributed by atoms with van der Waals surface area (Å²) < 4.78 is 11.2. The molecule has 0 aliphatic carbocycles. The van der Waals surface area contributed by atoms with Crippen LogP contribution in [0.4, 0.5) is 0 Å². The monoisotopic (exact) mass is 325 g/mol. The van der Waals surface area contributed by atoms with Crippen molar-refractivity contribution >= 4 is 15.9 Å². The molecule has 1 atom stereocenters. The number of methoxy groups -OCH3 is 1. The summed E-state index contributed by atoms with van der Waals surface area (Å²) in [6.45, 7) is 2.49. The molecule has 5 nitrogen and oxygen atoms in total. The Kier molecular flexibility index (Phi) is 4.68. The molecule has 0 bridgehead atoms. The Morgan fingerprint density at radius 1 is 1.47 bits per heavy atom. The van der Waals surface area contributed by atoms with Crippen molar-refractivity contribution in [2.45, 2.75) is 19.4 Å². The Morgan fingerprint density at radius 3 is 2.95 bits per heavy atom. The van der Waals surface area contributed by atoms with Gasteiger partial charge >= 0.3 is 0 Å². The van der Waals surface area contributed by atoms with E-state index >= 15 is 0 Å². The Labute approximate surface area is 120 Å². The summed E-state index contributed by atoms with van der Waals surface area (Å²) in [4.78, 5) is 4.34. The lowest BCUT2D eigenvalue weighted by Gasteiger charge is -2.05. The Balaban J connectivity index is 2.14. The maximum absolute atomic E-state index is 5.85. The smallest absolute Gasteiger partial charge is 0.228 e. The second kappa shape index (κ2) is 6.27. The molecule has 1 unspecified atom stereocenters. The molecular weight excluding hydrogens is 310 g/mol. The fourth-order valence-electron chi connectivity index (χ4n) is 1.68. The number of benzene rings is 1. The summed E-state index contributed by atoms with van der Waals surface area (Å²) in [5.74, 6) is 1.09. The van der Waals surface area contributed by atoms with Gasteiger partial charge in [0.25, 0.3) is 0 Å². The molecule has 2 rings (SSSR count). The normalized spacial score (nSPS) is 12.6. The summed E-state index contributed by atoms with van der Waals surface area (Å²) in [6.07, 6.45) is 0.508. The molecule has 1 aromatic carbocycles. The topological polar surface area (TPSA) is 74.2 Å². The van der Waals surface area contributed by atoms with E-state index in [4.69, 9.17) is 15.0 Å². The Morgan fingerprint density at radius 2 is 2.26 bits per heavy atom. The molecule has 0 fully saturated rings. The Hall–Kier alpha value is -1.24. The second-order valence-corrected chi connectivity index (χ2v) is 5.25. The minimum atomic E-state index is -0.136. The van der Waals surface area contributed by atoms with Gasteiger partial charge in [0.15, 0.2) is 0 Å². The largest absolute Gasteiger partial charge is 0.383 e. The van der Waals surface area contributed by atoms with Gasteiger partial charge < -0.3 is 15.0 Å². The van der Waals surface area contributed by atoms with Gasteiger partial charge in [0, 0.05) is 29.6 Å². The van der Waals surface area contributed by atoms with E-state index in [-0.39, 0.29) is 6.04 Å². The number of aryl methyl sites for hydroxylation is 1. The van der Waals surface area contributed by atoms with Crippen molar-refractivity contribution in [2.24, 2.45) is 5.73 Å². The minimum absolute atomic E-state index is 0.136. The summed E-state index contributed by atoms with van der Waals surface area (Å²) in [7, 11) is 1.61. The zero-order valence-corrected chi connectivity index (χ0v) is 12.5. The first-order chi connectivity index (χ1) is 9.10. The first kappa shape index (κ1) is 14.2. The van der Waals surface area contributed by atoms with Crippen LogP contribution in [0.15, 0.2) is 27.2 Å². The predicted octanol–water partition coefficient (Wildman–Crippen LogP) is 2.32. The van der Waals surface area contributed by atoms with E-state index in [1.807, 2.05) is 25.1 Å².